The number of benzene rings is 1. The highest BCUT2D eigenvalue weighted by molar-refractivity contribution is 5.80. The normalized spacial score (nSPS) is 13.2. The smallest absolute Gasteiger partial charge is 0.138 e. The van der Waals surface area contributed by atoms with Crippen molar-refractivity contribution in [1.82, 2.24) is 19.4 Å². The molecule has 1 aliphatic rings. The number of pyridine rings is 1. The van der Waals surface area contributed by atoms with E-state index in [-0.39, 0.29) is 0 Å². The maximum absolute atomic E-state index is 5.02. The van der Waals surface area contributed by atoms with Gasteiger partial charge >= 0.3 is 0 Å². The van der Waals surface area contributed by atoms with E-state index in [4.69, 9.17) is 9.97 Å². The quantitative estimate of drug-likeness (QED) is 0.379. The number of nitrogens with zero attached hydrogens (tertiary/aromatic N) is 4. The van der Waals surface area contributed by atoms with Gasteiger partial charge in [0.15, 0.2) is 0 Å². The van der Waals surface area contributed by atoms with E-state index >= 15 is 0 Å². The number of hydrogen-bond acceptors (Lipinski definition) is 3. The number of hydrogen-bond donors (Lipinski definition) is 0. The van der Waals surface area contributed by atoms with Crippen LogP contribution >= 0.6 is 0 Å². The first-order chi connectivity index (χ1) is 14.7. The van der Waals surface area contributed by atoms with Gasteiger partial charge in [-0.25, -0.2) is 15.0 Å². The van der Waals surface area contributed by atoms with Crippen molar-refractivity contribution >= 4 is 5.65 Å². The highest BCUT2D eigenvalue weighted by atomic mass is 15.0. The number of aryl methyl sites for hydroxylation is 2. The zero-order valence-electron chi connectivity index (χ0n) is 18.4. The maximum Gasteiger partial charge on any atom is 0.138 e. The van der Waals surface area contributed by atoms with Gasteiger partial charge in [0.2, 0.25) is 0 Å². The summed E-state index contributed by atoms with van der Waals surface area (Å²) in [5, 5.41) is 0. The summed E-state index contributed by atoms with van der Waals surface area (Å²) in [6, 6.07) is 15.0. The molecular weight excluding hydrogens is 368 g/mol. The molecule has 0 spiro atoms. The minimum absolute atomic E-state index is 0.526. The van der Waals surface area contributed by atoms with Gasteiger partial charge in [-0.3, -0.25) is 4.40 Å². The summed E-state index contributed by atoms with van der Waals surface area (Å²) in [6.07, 6.45) is 8.62. The van der Waals surface area contributed by atoms with Crippen molar-refractivity contribution in [3.63, 3.8) is 0 Å². The van der Waals surface area contributed by atoms with Gasteiger partial charge in [-0.2, -0.15) is 0 Å². The first kappa shape index (κ1) is 20.3. The SMILES string of the molecule is CC.CCCc1ccn2c(-c3ccnc(C4CC4)n3)c(-c3ccc(C)cc3)nc2c1. The standard InChI is InChI=1S/C24H24N4.C2H6/c1-3-4-17-12-14-28-21(15-17)27-22(18-7-5-16(2)6-8-18)23(28)20-11-13-25-24(26-20)19-9-10-19;1-2/h5-8,11-15,19H,3-4,9-10H2,1-2H3;1-2H3. The van der Waals surface area contributed by atoms with Gasteiger partial charge in [0.25, 0.3) is 0 Å². The Labute approximate surface area is 179 Å². The number of fused-ring (bicyclic) bond motifs is 1. The molecule has 30 heavy (non-hydrogen) atoms. The summed E-state index contributed by atoms with van der Waals surface area (Å²) in [7, 11) is 0. The van der Waals surface area contributed by atoms with Crippen LogP contribution in [0.3, 0.4) is 0 Å². The first-order valence-corrected chi connectivity index (χ1v) is 11.1. The van der Waals surface area contributed by atoms with Crippen LogP contribution in [-0.4, -0.2) is 19.4 Å². The Morgan fingerprint density at radius 1 is 1.00 bits per heavy atom. The van der Waals surface area contributed by atoms with Crippen LogP contribution in [0.4, 0.5) is 0 Å². The molecule has 1 aliphatic carbocycles. The molecule has 3 aromatic heterocycles. The van der Waals surface area contributed by atoms with E-state index in [0.29, 0.717) is 5.92 Å². The van der Waals surface area contributed by atoms with E-state index in [2.05, 4.69) is 65.8 Å². The molecule has 0 bridgehead atoms. The molecular formula is C26H30N4. The molecule has 0 unspecified atom stereocenters. The molecule has 1 saturated carbocycles. The van der Waals surface area contributed by atoms with E-state index in [1.54, 1.807) is 0 Å². The zero-order chi connectivity index (χ0) is 21.1. The van der Waals surface area contributed by atoms with Gasteiger partial charge in [0.1, 0.15) is 11.5 Å². The average molecular weight is 399 g/mol. The van der Waals surface area contributed by atoms with Crippen LogP contribution < -0.4 is 0 Å². The molecule has 1 aromatic carbocycles. The van der Waals surface area contributed by atoms with Gasteiger partial charge in [-0.05, 0) is 49.9 Å². The summed E-state index contributed by atoms with van der Waals surface area (Å²) >= 11 is 0. The summed E-state index contributed by atoms with van der Waals surface area (Å²) in [5.41, 5.74) is 7.64. The second kappa shape index (κ2) is 8.78. The summed E-state index contributed by atoms with van der Waals surface area (Å²) in [5.74, 6) is 1.49. The number of rotatable bonds is 5. The molecule has 5 rings (SSSR count). The predicted octanol–water partition coefficient (Wildman–Crippen LogP) is 6.62. The second-order valence-electron chi connectivity index (χ2n) is 7.76. The van der Waals surface area contributed by atoms with Crippen LogP contribution in [-0.2, 0) is 6.42 Å². The van der Waals surface area contributed by atoms with Crippen LogP contribution in [0, 0.1) is 6.92 Å². The van der Waals surface area contributed by atoms with Gasteiger partial charge < -0.3 is 0 Å². The van der Waals surface area contributed by atoms with Gasteiger partial charge in [0, 0.05) is 23.9 Å². The van der Waals surface area contributed by atoms with E-state index < -0.39 is 0 Å². The van der Waals surface area contributed by atoms with E-state index in [9.17, 15) is 0 Å². The van der Waals surface area contributed by atoms with Crippen LogP contribution in [0.5, 0.6) is 0 Å². The lowest BCUT2D eigenvalue weighted by Crippen LogP contribution is -1.98. The van der Waals surface area contributed by atoms with Crippen molar-refractivity contribution in [1.29, 1.82) is 0 Å². The van der Waals surface area contributed by atoms with Crippen LogP contribution in [0.25, 0.3) is 28.3 Å². The zero-order valence-corrected chi connectivity index (χ0v) is 18.4. The fourth-order valence-corrected chi connectivity index (χ4v) is 3.73. The van der Waals surface area contributed by atoms with Crippen molar-refractivity contribution in [2.75, 3.05) is 0 Å². The molecule has 0 radical (unpaired) electrons. The summed E-state index contributed by atoms with van der Waals surface area (Å²) in [4.78, 5) is 14.4. The van der Waals surface area contributed by atoms with E-state index in [1.807, 2.05) is 26.1 Å². The molecule has 1 fully saturated rings. The minimum Gasteiger partial charge on any atom is -0.298 e. The van der Waals surface area contributed by atoms with E-state index in [1.165, 1.54) is 24.0 Å². The lowest BCUT2D eigenvalue weighted by Gasteiger charge is -2.07. The van der Waals surface area contributed by atoms with Crippen molar-refractivity contribution < 1.29 is 0 Å². The largest absolute Gasteiger partial charge is 0.298 e. The Bertz CT molecular complexity index is 1140. The molecule has 4 heteroatoms. The molecule has 154 valence electrons. The number of imidazole rings is 1. The Morgan fingerprint density at radius 2 is 1.77 bits per heavy atom. The molecule has 0 N–H and O–H groups in total. The third kappa shape index (κ3) is 4.00. The average Bonchev–Trinajstić information content (AvgIpc) is 3.57. The molecule has 4 nitrogen and oxygen atoms in total. The van der Waals surface area contributed by atoms with Crippen molar-refractivity contribution in [3.05, 3.63) is 71.8 Å². The third-order valence-corrected chi connectivity index (χ3v) is 5.41. The minimum atomic E-state index is 0.526. The molecule has 0 atom stereocenters. The Balaban J connectivity index is 0.00000106. The molecule has 0 saturated heterocycles. The highest BCUT2D eigenvalue weighted by Gasteiger charge is 2.27. The fourth-order valence-electron chi connectivity index (χ4n) is 3.73. The molecule has 3 heterocycles. The molecule has 0 amide bonds. The van der Waals surface area contributed by atoms with Crippen LogP contribution in [0.1, 0.15) is 62.9 Å². The topological polar surface area (TPSA) is 43.1 Å². The number of aromatic nitrogens is 4. The molecule has 0 aliphatic heterocycles. The Kier molecular flexibility index (Phi) is 5.93. The van der Waals surface area contributed by atoms with Gasteiger partial charge in [-0.15, -0.1) is 0 Å². The van der Waals surface area contributed by atoms with E-state index in [0.717, 1.165) is 47.0 Å². The third-order valence-electron chi connectivity index (χ3n) is 5.41. The highest BCUT2D eigenvalue weighted by Crippen LogP contribution is 2.39. The fraction of sp³-hybridized carbons (Fsp3) is 0.346. The summed E-state index contributed by atoms with van der Waals surface area (Å²) < 4.78 is 2.17. The Morgan fingerprint density at radius 3 is 2.47 bits per heavy atom. The summed E-state index contributed by atoms with van der Waals surface area (Å²) in [6.45, 7) is 8.32. The van der Waals surface area contributed by atoms with Crippen molar-refractivity contribution in [3.8, 4) is 22.6 Å². The van der Waals surface area contributed by atoms with Crippen molar-refractivity contribution in [2.45, 2.75) is 59.3 Å². The lowest BCUT2D eigenvalue weighted by molar-refractivity contribution is 0.915. The Hall–Kier alpha value is -3.01. The lowest BCUT2D eigenvalue weighted by atomic mass is 10.1. The van der Waals surface area contributed by atoms with Gasteiger partial charge in [0.05, 0.1) is 17.1 Å². The van der Waals surface area contributed by atoms with Crippen LogP contribution in [0.15, 0.2) is 54.9 Å². The van der Waals surface area contributed by atoms with Gasteiger partial charge in [-0.1, -0.05) is 57.0 Å². The van der Waals surface area contributed by atoms with Crippen LogP contribution in [0.2, 0.25) is 0 Å². The first-order valence-electron chi connectivity index (χ1n) is 11.1. The second-order valence-corrected chi connectivity index (χ2v) is 7.76. The molecule has 4 aromatic rings. The predicted molar refractivity (Wildman–Crippen MR) is 124 cm³/mol. The monoisotopic (exact) mass is 398 g/mol. The van der Waals surface area contributed by atoms with Crippen molar-refractivity contribution in [2.24, 2.45) is 0 Å². The maximum atomic E-state index is 5.02.